The molecule has 0 fully saturated rings. The van der Waals surface area contributed by atoms with Gasteiger partial charge in [0.1, 0.15) is 11.5 Å². The van der Waals surface area contributed by atoms with Gasteiger partial charge in [0.05, 0.1) is 12.8 Å². The highest BCUT2D eigenvalue weighted by atomic mass is 16.5. The number of benzene rings is 1. The van der Waals surface area contributed by atoms with Crippen LogP contribution in [0.4, 0.5) is 0 Å². The predicted octanol–water partition coefficient (Wildman–Crippen LogP) is 1.96. The molecular weight excluding hydrogens is 244 g/mol. The summed E-state index contributed by atoms with van der Waals surface area (Å²) >= 11 is 0. The summed E-state index contributed by atoms with van der Waals surface area (Å²) in [6.07, 6.45) is 0.646. The molecule has 5 nitrogen and oxygen atoms in total. The molecule has 0 radical (unpaired) electrons. The third-order valence-corrected chi connectivity index (χ3v) is 2.68. The Morgan fingerprint density at radius 1 is 1.42 bits per heavy atom. The molecule has 1 N–H and O–H groups in total. The highest BCUT2D eigenvalue weighted by molar-refractivity contribution is 5.94. The van der Waals surface area contributed by atoms with Crippen molar-refractivity contribution in [1.82, 2.24) is 10.5 Å². The van der Waals surface area contributed by atoms with E-state index < -0.39 is 0 Å². The number of carbonyl (C=O) groups excluding carboxylic acids is 1. The number of hydrogen-bond donors (Lipinski definition) is 1. The second-order valence-corrected chi connectivity index (χ2v) is 4.17. The van der Waals surface area contributed by atoms with Gasteiger partial charge in [0.2, 0.25) is 0 Å². The Morgan fingerprint density at radius 2 is 2.26 bits per heavy atom. The zero-order valence-corrected chi connectivity index (χ0v) is 11.0. The van der Waals surface area contributed by atoms with E-state index in [1.165, 1.54) is 0 Å². The molecule has 0 aliphatic carbocycles. The van der Waals surface area contributed by atoms with Crippen LogP contribution in [-0.2, 0) is 6.42 Å². The lowest BCUT2D eigenvalue weighted by atomic mass is 10.2. The summed E-state index contributed by atoms with van der Waals surface area (Å²) < 4.78 is 10.0. The summed E-state index contributed by atoms with van der Waals surface area (Å²) in [5.41, 5.74) is 1.42. The van der Waals surface area contributed by atoms with Crippen molar-refractivity contribution < 1.29 is 14.1 Å². The van der Waals surface area contributed by atoms with Crippen LogP contribution >= 0.6 is 0 Å². The first kappa shape index (κ1) is 13.1. The predicted molar refractivity (Wildman–Crippen MR) is 70.3 cm³/mol. The Kier molecular flexibility index (Phi) is 4.18. The Bertz CT molecular complexity index is 563. The molecule has 1 aromatic carbocycles. The van der Waals surface area contributed by atoms with Crippen LogP contribution in [0.3, 0.4) is 0 Å². The molecule has 1 amide bonds. The fourth-order valence-electron chi connectivity index (χ4n) is 1.71. The van der Waals surface area contributed by atoms with Gasteiger partial charge < -0.3 is 14.6 Å². The van der Waals surface area contributed by atoms with Crippen molar-refractivity contribution in [1.29, 1.82) is 0 Å². The number of carbonyl (C=O) groups is 1. The normalized spacial score (nSPS) is 10.2. The fourth-order valence-corrected chi connectivity index (χ4v) is 1.71. The lowest BCUT2D eigenvalue weighted by Gasteiger charge is -2.05. The molecule has 0 spiro atoms. The van der Waals surface area contributed by atoms with Crippen molar-refractivity contribution in [2.45, 2.75) is 13.3 Å². The number of hydrogen-bond acceptors (Lipinski definition) is 4. The Labute approximate surface area is 111 Å². The van der Waals surface area contributed by atoms with Crippen molar-refractivity contribution in [3.63, 3.8) is 0 Å². The Hall–Kier alpha value is -2.30. The largest absolute Gasteiger partial charge is 0.497 e. The molecule has 0 atom stereocenters. The van der Waals surface area contributed by atoms with Gasteiger partial charge >= 0.3 is 0 Å². The Morgan fingerprint density at radius 3 is 2.95 bits per heavy atom. The number of ether oxygens (including phenoxy) is 1. The molecule has 0 bridgehead atoms. The minimum atomic E-state index is -0.126. The van der Waals surface area contributed by atoms with Crippen LogP contribution in [0, 0.1) is 6.92 Å². The quantitative estimate of drug-likeness (QED) is 0.892. The number of amides is 1. The number of nitrogens with one attached hydrogen (secondary N) is 1. The average molecular weight is 260 g/mol. The van der Waals surface area contributed by atoms with E-state index in [0.717, 1.165) is 11.5 Å². The first-order valence-electron chi connectivity index (χ1n) is 6.03. The fraction of sp³-hybridized carbons (Fsp3) is 0.286. The number of aromatic nitrogens is 1. The lowest BCUT2D eigenvalue weighted by Crippen LogP contribution is -2.25. The molecule has 2 rings (SSSR count). The summed E-state index contributed by atoms with van der Waals surface area (Å²) in [6, 6.07) is 8.90. The van der Waals surface area contributed by atoms with Crippen LogP contribution in [-0.4, -0.2) is 24.7 Å². The smallest absolute Gasteiger partial charge is 0.251 e. The summed E-state index contributed by atoms with van der Waals surface area (Å²) in [6.45, 7) is 2.35. The number of methoxy groups -OCH3 is 1. The van der Waals surface area contributed by atoms with Gasteiger partial charge in [-0.05, 0) is 25.1 Å². The van der Waals surface area contributed by atoms with Crippen LogP contribution < -0.4 is 10.1 Å². The van der Waals surface area contributed by atoms with Crippen LogP contribution in [0.15, 0.2) is 34.9 Å². The first-order valence-corrected chi connectivity index (χ1v) is 6.03. The number of aryl methyl sites for hydroxylation is 1. The van der Waals surface area contributed by atoms with Gasteiger partial charge in [-0.15, -0.1) is 0 Å². The Balaban J connectivity index is 1.87. The summed E-state index contributed by atoms with van der Waals surface area (Å²) in [5, 5.41) is 6.70. The summed E-state index contributed by atoms with van der Waals surface area (Å²) in [4.78, 5) is 11.9. The highest BCUT2D eigenvalue weighted by Crippen LogP contribution is 2.12. The molecule has 0 saturated carbocycles. The van der Waals surface area contributed by atoms with Gasteiger partial charge in [0.25, 0.3) is 5.91 Å². The van der Waals surface area contributed by atoms with E-state index in [9.17, 15) is 4.79 Å². The topological polar surface area (TPSA) is 64.4 Å². The van der Waals surface area contributed by atoms with Crippen molar-refractivity contribution in [2.24, 2.45) is 0 Å². The first-order chi connectivity index (χ1) is 9.19. The van der Waals surface area contributed by atoms with Gasteiger partial charge in [0.15, 0.2) is 0 Å². The molecule has 0 aliphatic rings. The molecule has 100 valence electrons. The van der Waals surface area contributed by atoms with Crippen molar-refractivity contribution in [3.05, 3.63) is 47.3 Å². The summed E-state index contributed by atoms with van der Waals surface area (Å²) in [7, 11) is 1.57. The summed E-state index contributed by atoms with van der Waals surface area (Å²) in [5.74, 6) is 1.31. The van der Waals surface area contributed by atoms with E-state index in [4.69, 9.17) is 9.26 Å². The lowest BCUT2D eigenvalue weighted by molar-refractivity contribution is 0.0953. The molecule has 1 aromatic heterocycles. The SMILES string of the molecule is COc1cccc(C(=O)NCCc2cc(C)on2)c1. The van der Waals surface area contributed by atoms with E-state index in [-0.39, 0.29) is 5.91 Å². The molecular formula is C14H16N2O3. The van der Waals surface area contributed by atoms with E-state index in [2.05, 4.69) is 10.5 Å². The van der Waals surface area contributed by atoms with Gasteiger partial charge in [-0.2, -0.15) is 0 Å². The second-order valence-electron chi connectivity index (χ2n) is 4.17. The zero-order valence-electron chi connectivity index (χ0n) is 11.0. The van der Waals surface area contributed by atoms with Gasteiger partial charge in [-0.1, -0.05) is 11.2 Å². The molecule has 2 aromatic rings. The highest BCUT2D eigenvalue weighted by Gasteiger charge is 2.06. The molecule has 19 heavy (non-hydrogen) atoms. The molecule has 0 saturated heterocycles. The van der Waals surface area contributed by atoms with Crippen LogP contribution in [0.2, 0.25) is 0 Å². The minimum Gasteiger partial charge on any atom is -0.497 e. The standard InChI is InChI=1S/C14H16N2O3/c1-10-8-12(16-19-10)6-7-15-14(17)11-4-3-5-13(9-11)18-2/h3-5,8-9H,6-7H2,1-2H3,(H,15,17). The zero-order chi connectivity index (χ0) is 13.7. The monoisotopic (exact) mass is 260 g/mol. The van der Waals surface area contributed by atoms with E-state index >= 15 is 0 Å². The molecule has 5 heteroatoms. The second kappa shape index (κ2) is 6.04. The van der Waals surface area contributed by atoms with Gasteiger partial charge in [-0.25, -0.2) is 0 Å². The number of nitrogens with zero attached hydrogens (tertiary/aromatic N) is 1. The maximum Gasteiger partial charge on any atom is 0.251 e. The van der Waals surface area contributed by atoms with E-state index in [0.29, 0.717) is 24.3 Å². The minimum absolute atomic E-state index is 0.126. The molecule has 0 aliphatic heterocycles. The van der Waals surface area contributed by atoms with Crippen molar-refractivity contribution in [3.8, 4) is 5.75 Å². The van der Waals surface area contributed by atoms with E-state index in [1.54, 1.807) is 31.4 Å². The maximum atomic E-state index is 11.9. The molecule has 0 unspecified atom stereocenters. The maximum absolute atomic E-state index is 11.9. The third kappa shape index (κ3) is 3.58. The molecule has 1 heterocycles. The van der Waals surface area contributed by atoms with Crippen LogP contribution in [0.1, 0.15) is 21.8 Å². The number of rotatable bonds is 5. The van der Waals surface area contributed by atoms with Gasteiger partial charge in [0, 0.05) is 24.6 Å². The van der Waals surface area contributed by atoms with Gasteiger partial charge in [-0.3, -0.25) is 4.79 Å². The van der Waals surface area contributed by atoms with Crippen LogP contribution in [0.25, 0.3) is 0 Å². The van der Waals surface area contributed by atoms with Crippen LogP contribution in [0.5, 0.6) is 5.75 Å². The van der Waals surface area contributed by atoms with E-state index in [1.807, 2.05) is 13.0 Å². The average Bonchev–Trinajstić information content (AvgIpc) is 2.84. The third-order valence-electron chi connectivity index (χ3n) is 2.68. The van der Waals surface area contributed by atoms with Crippen molar-refractivity contribution in [2.75, 3.05) is 13.7 Å². The van der Waals surface area contributed by atoms with Crippen molar-refractivity contribution >= 4 is 5.91 Å².